The fourth-order valence-corrected chi connectivity index (χ4v) is 1.52. The van der Waals surface area contributed by atoms with Crippen LogP contribution in [-0.4, -0.2) is 22.4 Å². The number of cyclic esters (lactones) is 1. The first-order chi connectivity index (χ1) is 6.25. The molecule has 0 spiro atoms. The van der Waals surface area contributed by atoms with Crippen LogP contribution in [-0.2, 0) is 16.1 Å². The number of ether oxygens (including phenoxy) is 1. The van der Waals surface area contributed by atoms with Gasteiger partial charge in [0.1, 0.15) is 0 Å². The summed E-state index contributed by atoms with van der Waals surface area (Å²) in [6, 6.07) is 0. The third-order valence-corrected chi connectivity index (χ3v) is 2.25. The minimum Gasteiger partial charge on any atom is -0.465 e. The van der Waals surface area contributed by atoms with Gasteiger partial charge in [-0.25, -0.2) is 0 Å². The topological polar surface area (TPSA) is 44.1 Å². The van der Waals surface area contributed by atoms with Gasteiger partial charge in [-0.15, -0.1) is 0 Å². The Hall–Kier alpha value is -1.03. The van der Waals surface area contributed by atoms with Crippen molar-refractivity contribution in [3.05, 3.63) is 17.4 Å². The Balaban J connectivity index is 2.01. The molecule has 1 aliphatic rings. The number of rotatable bonds is 2. The first kappa shape index (κ1) is 8.56. The van der Waals surface area contributed by atoms with E-state index in [9.17, 15) is 4.79 Å². The minimum atomic E-state index is -0.133. The molecule has 0 N–H and O–H groups in total. The van der Waals surface area contributed by atoms with Gasteiger partial charge >= 0.3 is 5.97 Å². The van der Waals surface area contributed by atoms with Gasteiger partial charge in [0, 0.05) is 6.20 Å². The van der Waals surface area contributed by atoms with E-state index in [2.05, 4.69) is 5.10 Å². The number of hydrogen-bond donors (Lipinski definition) is 0. The minimum absolute atomic E-state index is 0.0593. The van der Waals surface area contributed by atoms with Crippen LogP contribution in [0.5, 0.6) is 0 Å². The van der Waals surface area contributed by atoms with E-state index in [4.69, 9.17) is 16.3 Å². The zero-order valence-corrected chi connectivity index (χ0v) is 7.70. The van der Waals surface area contributed by atoms with Crippen LogP contribution in [0.3, 0.4) is 0 Å². The highest BCUT2D eigenvalue weighted by atomic mass is 35.5. The van der Waals surface area contributed by atoms with E-state index < -0.39 is 0 Å². The molecule has 4 nitrogen and oxygen atoms in total. The van der Waals surface area contributed by atoms with Crippen LogP contribution in [0.25, 0.3) is 0 Å². The number of carbonyl (C=O) groups excluding carboxylic acids is 1. The van der Waals surface area contributed by atoms with Gasteiger partial charge in [0.25, 0.3) is 0 Å². The maximum atomic E-state index is 11.1. The summed E-state index contributed by atoms with van der Waals surface area (Å²) in [6.45, 7) is 1.09. The molecule has 5 heteroatoms. The van der Waals surface area contributed by atoms with Gasteiger partial charge < -0.3 is 4.74 Å². The number of halogens is 1. The average Bonchev–Trinajstić information content (AvgIpc) is 2.64. The van der Waals surface area contributed by atoms with Crippen molar-refractivity contribution in [2.24, 2.45) is 5.92 Å². The number of nitrogens with zero attached hydrogens (tertiary/aromatic N) is 2. The lowest BCUT2D eigenvalue weighted by Crippen LogP contribution is -2.15. The van der Waals surface area contributed by atoms with Crippen LogP contribution in [0.15, 0.2) is 12.4 Å². The van der Waals surface area contributed by atoms with Crippen molar-refractivity contribution in [2.45, 2.75) is 13.0 Å². The first-order valence-electron chi connectivity index (χ1n) is 4.10. The Bertz CT molecular complexity index is 324. The SMILES string of the molecule is O=C1OCCC1Cn1cc(Cl)cn1. The molecule has 0 saturated carbocycles. The van der Waals surface area contributed by atoms with Crippen LogP contribution < -0.4 is 0 Å². The van der Waals surface area contributed by atoms with Crippen molar-refractivity contribution in [3.8, 4) is 0 Å². The van der Waals surface area contributed by atoms with Gasteiger partial charge in [-0.3, -0.25) is 9.48 Å². The summed E-state index contributed by atoms with van der Waals surface area (Å²) >= 11 is 5.68. The van der Waals surface area contributed by atoms with Crippen molar-refractivity contribution >= 4 is 17.6 Å². The molecule has 1 aromatic rings. The highest BCUT2D eigenvalue weighted by Gasteiger charge is 2.26. The Labute approximate surface area is 80.4 Å². The van der Waals surface area contributed by atoms with Crippen LogP contribution in [0, 0.1) is 5.92 Å². The zero-order valence-electron chi connectivity index (χ0n) is 6.94. The highest BCUT2D eigenvalue weighted by Crippen LogP contribution is 2.17. The smallest absolute Gasteiger partial charge is 0.310 e. The summed E-state index contributed by atoms with van der Waals surface area (Å²) < 4.78 is 6.50. The largest absolute Gasteiger partial charge is 0.465 e. The molecule has 13 heavy (non-hydrogen) atoms. The lowest BCUT2D eigenvalue weighted by molar-refractivity contribution is -0.141. The molecule has 0 amide bonds. The fourth-order valence-electron chi connectivity index (χ4n) is 1.37. The van der Waals surface area contributed by atoms with Crippen LogP contribution in [0.4, 0.5) is 0 Å². The first-order valence-corrected chi connectivity index (χ1v) is 4.48. The Kier molecular flexibility index (Phi) is 2.22. The lowest BCUT2D eigenvalue weighted by atomic mass is 10.1. The third kappa shape index (κ3) is 1.83. The average molecular weight is 201 g/mol. The molecule has 1 fully saturated rings. The van der Waals surface area contributed by atoms with Crippen LogP contribution in [0.1, 0.15) is 6.42 Å². The molecular weight excluding hydrogens is 192 g/mol. The molecule has 1 unspecified atom stereocenters. The van der Waals surface area contributed by atoms with Crippen LogP contribution >= 0.6 is 11.6 Å². The quantitative estimate of drug-likeness (QED) is 0.672. The molecule has 1 atom stereocenters. The maximum absolute atomic E-state index is 11.1. The lowest BCUT2D eigenvalue weighted by Gasteiger charge is -2.04. The molecule has 0 aliphatic carbocycles. The van der Waals surface area contributed by atoms with Gasteiger partial charge in [0.05, 0.1) is 30.3 Å². The van der Waals surface area contributed by atoms with E-state index >= 15 is 0 Å². The summed E-state index contributed by atoms with van der Waals surface area (Å²) in [5.41, 5.74) is 0. The van der Waals surface area contributed by atoms with Gasteiger partial charge in [0.15, 0.2) is 0 Å². The molecule has 1 aromatic heterocycles. The molecule has 0 radical (unpaired) electrons. The van der Waals surface area contributed by atoms with E-state index in [1.807, 2.05) is 0 Å². The molecule has 2 heterocycles. The number of carbonyl (C=O) groups is 1. The molecule has 1 saturated heterocycles. The second kappa shape index (κ2) is 3.38. The Morgan fingerprint density at radius 3 is 3.15 bits per heavy atom. The van der Waals surface area contributed by atoms with E-state index in [-0.39, 0.29) is 11.9 Å². The summed E-state index contributed by atoms with van der Waals surface area (Å²) in [5, 5.41) is 4.58. The Morgan fingerprint density at radius 1 is 1.77 bits per heavy atom. The monoisotopic (exact) mass is 200 g/mol. The van der Waals surface area contributed by atoms with E-state index in [0.29, 0.717) is 18.2 Å². The third-order valence-electron chi connectivity index (χ3n) is 2.05. The molecule has 0 aromatic carbocycles. The highest BCUT2D eigenvalue weighted by molar-refractivity contribution is 6.30. The second-order valence-electron chi connectivity index (χ2n) is 3.03. The number of aromatic nitrogens is 2. The van der Waals surface area contributed by atoms with Gasteiger partial charge in [-0.1, -0.05) is 11.6 Å². The van der Waals surface area contributed by atoms with Crippen molar-refractivity contribution < 1.29 is 9.53 Å². The summed E-state index contributed by atoms with van der Waals surface area (Å²) in [5.74, 6) is -0.192. The maximum Gasteiger partial charge on any atom is 0.310 e. The molecular formula is C8H9ClN2O2. The van der Waals surface area contributed by atoms with E-state index in [0.717, 1.165) is 6.42 Å². The predicted octanol–water partition coefficient (Wildman–Crippen LogP) is 1.10. The molecule has 1 aliphatic heterocycles. The van der Waals surface area contributed by atoms with Gasteiger partial charge in [-0.05, 0) is 6.42 Å². The predicted molar refractivity (Wildman–Crippen MR) is 46.3 cm³/mol. The van der Waals surface area contributed by atoms with E-state index in [1.165, 1.54) is 0 Å². The van der Waals surface area contributed by atoms with E-state index in [1.54, 1.807) is 17.1 Å². The standard InChI is InChI=1S/C8H9ClN2O2/c9-7-3-10-11(5-7)4-6-1-2-13-8(6)12/h3,5-6H,1-2,4H2. The van der Waals surface area contributed by atoms with Crippen molar-refractivity contribution in [2.75, 3.05) is 6.61 Å². The molecule has 0 bridgehead atoms. The van der Waals surface area contributed by atoms with Crippen molar-refractivity contribution in [3.63, 3.8) is 0 Å². The molecule has 2 rings (SSSR count). The summed E-state index contributed by atoms with van der Waals surface area (Å²) in [7, 11) is 0. The summed E-state index contributed by atoms with van der Waals surface area (Å²) in [4.78, 5) is 11.1. The van der Waals surface area contributed by atoms with Crippen molar-refractivity contribution in [1.82, 2.24) is 9.78 Å². The zero-order chi connectivity index (χ0) is 9.26. The molecule has 70 valence electrons. The number of esters is 1. The fraction of sp³-hybridized carbons (Fsp3) is 0.500. The number of hydrogen-bond acceptors (Lipinski definition) is 3. The second-order valence-corrected chi connectivity index (χ2v) is 3.47. The normalized spacial score (nSPS) is 21.9. The van der Waals surface area contributed by atoms with Gasteiger partial charge in [-0.2, -0.15) is 5.10 Å². The Morgan fingerprint density at radius 2 is 2.62 bits per heavy atom. The van der Waals surface area contributed by atoms with Crippen molar-refractivity contribution in [1.29, 1.82) is 0 Å². The van der Waals surface area contributed by atoms with Gasteiger partial charge in [0.2, 0.25) is 0 Å². The van der Waals surface area contributed by atoms with Crippen LogP contribution in [0.2, 0.25) is 5.02 Å². The summed E-state index contributed by atoms with van der Waals surface area (Å²) in [6.07, 6.45) is 4.03.